The van der Waals surface area contributed by atoms with E-state index in [4.69, 9.17) is 5.73 Å². The lowest BCUT2D eigenvalue weighted by molar-refractivity contribution is -0.122. The fourth-order valence-electron chi connectivity index (χ4n) is 2.17. The third-order valence-electron chi connectivity index (χ3n) is 3.34. The van der Waals surface area contributed by atoms with Crippen LogP contribution in [0.1, 0.15) is 12.0 Å². The first kappa shape index (κ1) is 17.9. The van der Waals surface area contributed by atoms with Crippen molar-refractivity contribution in [3.05, 3.63) is 36.0 Å². The van der Waals surface area contributed by atoms with E-state index in [2.05, 4.69) is 22.4 Å². The first-order valence-corrected chi connectivity index (χ1v) is 8.19. The summed E-state index contributed by atoms with van der Waals surface area (Å²) in [6, 6.07) is 7.78. The van der Waals surface area contributed by atoms with Gasteiger partial charge in [0.15, 0.2) is 0 Å². The average molecular weight is 328 g/mol. The van der Waals surface area contributed by atoms with Crippen LogP contribution in [0.2, 0.25) is 0 Å². The standard InChI is InChI=1S/C15H21N3OS.ClH/c1-20-9-7-13(16)15(19)17-8-6-11-10-18-14-5-3-2-4-12(11)14;/h2-5,10,13,18H,6-9,16H2,1H3,(H,17,19);1H/t13-;/m0./s1. The monoisotopic (exact) mass is 327 g/mol. The second-order valence-corrected chi connectivity index (χ2v) is 5.77. The summed E-state index contributed by atoms with van der Waals surface area (Å²) in [6.45, 7) is 0.619. The number of hydrogen-bond acceptors (Lipinski definition) is 3. The van der Waals surface area contributed by atoms with Gasteiger partial charge in [-0.05, 0) is 36.5 Å². The molecule has 0 unspecified atom stereocenters. The molecule has 6 heteroatoms. The van der Waals surface area contributed by atoms with Crippen LogP contribution < -0.4 is 11.1 Å². The third-order valence-corrected chi connectivity index (χ3v) is 3.98. The lowest BCUT2D eigenvalue weighted by Crippen LogP contribution is -2.41. The van der Waals surface area contributed by atoms with Crippen molar-refractivity contribution in [2.24, 2.45) is 5.73 Å². The molecule has 0 bridgehead atoms. The van der Waals surface area contributed by atoms with Gasteiger partial charge in [0.05, 0.1) is 6.04 Å². The van der Waals surface area contributed by atoms with Crippen LogP contribution in [0.15, 0.2) is 30.5 Å². The quantitative estimate of drug-likeness (QED) is 0.731. The Morgan fingerprint density at radius 1 is 1.43 bits per heavy atom. The smallest absolute Gasteiger partial charge is 0.236 e. The number of fused-ring (bicyclic) bond motifs is 1. The van der Waals surface area contributed by atoms with Crippen LogP contribution in [-0.4, -0.2) is 35.5 Å². The number of carbonyl (C=O) groups is 1. The van der Waals surface area contributed by atoms with Crippen molar-refractivity contribution in [3.8, 4) is 0 Å². The summed E-state index contributed by atoms with van der Waals surface area (Å²) in [6.07, 6.45) is 5.55. The highest BCUT2D eigenvalue weighted by Gasteiger charge is 2.12. The molecule has 0 saturated heterocycles. The maximum atomic E-state index is 11.8. The molecule has 21 heavy (non-hydrogen) atoms. The molecule has 2 aromatic rings. The Morgan fingerprint density at radius 3 is 2.95 bits per heavy atom. The molecule has 0 aliphatic rings. The SMILES string of the molecule is CSCC[C@H](N)C(=O)NCCc1c[nH]c2ccccc12.Cl. The second kappa shape index (κ2) is 8.97. The van der Waals surface area contributed by atoms with Crippen LogP contribution in [-0.2, 0) is 11.2 Å². The number of halogens is 1. The average Bonchev–Trinajstić information content (AvgIpc) is 2.88. The van der Waals surface area contributed by atoms with Gasteiger partial charge in [-0.25, -0.2) is 0 Å². The maximum absolute atomic E-state index is 11.8. The highest BCUT2D eigenvalue weighted by molar-refractivity contribution is 7.98. The van der Waals surface area contributed by atoms with Gasteiger partial charge in [0.2, 0.25) is 5.91 Å². The number of para-hydroxylation sites is 1. The zero-order chi connectivity index (χ0) is 14.4. The molecule has 0 saturated carbocycles. The van der Waals surface area contributed by atoms with Gasteiger partial charge >= 0.3 is 0 Å². The highest BCUT2D eigenvalue weighted by Crippen LogP contribution is 2.17. The number of H-pyrrole nitrogens is 1. The molecule has 2 rings (SSSR count). The maximum Gasteiger partial charge on any atom is 0.236 e. The summed E-state index contributed by atoms with van der Waals surface area (Å²) in [4.78, 5) is 15.0. The van der Waals surface area contributed by atoms with Gasteiger partial charge < -0.3 is 16.0 Å². The van der Waals surface area contributed by atoms with E-state index in [1.54, 1.807) is 11.8 Å². The number of amides is 1. The number of aromatic nitrogens is 1. The van der Waals surface area contributed by atoms with E-state index in [1.165, 1.54) is 10.9 Å². The van der Waals surface area contributed by atoms with Crippen molar-refractivity contribution in [3.63, 3.8) is 0 Å². The van der Waals surface area contributed by atoms with Gasteiger partial charge in [-0.3, -0.25) is 4.79 Å². The van der Waals surface area contributed by atoms with Crippen LogP contribution >= 0.6 is 24.2 Å². The summed E-state index contributed by atoms with van der Waals surface area (Å²) in [7, 11) is 0. The van der Waals surface area contributed by atoms with Gasteiger partial charge in [0.25, 0.3) is 0 Å². The second-order valence-electron chi connectivity index (χ2n) is 4.79. The number of thioether (sulfide) groups is 1. The minimum Gasteiger partial charge on any atom is -0.361 e. The Kier molecular flexibility index (Phi) is 7.64. The Hall–Kier alpha value is -1.17. The number of hydrogen-bond donors (Lipinski definition) is 3. The molecule has 1 atom stereocenters. The molecule has 1 heterocycles. The van der Waals surface area contributed by atoms with E-state index < -0.39 is 6.04 Å². The Morgan fingerprint density at radius 2 is 2.19 bits per heavy atom. The van der Waals surface area contributed by atoms with E-state index in [-0.39, 0.29) is 18.3 Å². The summed E-state index contributed by atoms with van der Waals surface area (Å²) >= 11 is 1.71. The summed E-state index contributed by atoms with van der Waals surface area (Å²) < 4.78 is 0. The molecule has 1 amide bonds. The Bertz CT molecular complexity index is 573. The van der Waals surface area contributed by atoms with Crippen molar-refractivity contribution < 1.29 is 4.79 Å². The summed E-state index contributed by atoms with van der Waals surface area (Å²) in [5.74, 6) is 0.857. The van der Waals surface area contributed by atoms with Gasteiger partial charge in [0.1, 0.15) is 0 Å². The van der Waals surface area contributed by atoms with Crippen molar-refractivity contribution in [2.45, 2.75) is 18.9 Å². The first-order valence-electron chi connectivity index (χ1n) is 6.79. The molecule has 0 fully saturated rings. The summed E-state index contributed by atoms with van der Waals surface area (Å²) in [5.41, 5.74) is 8.17. The van der Waals surface area contributed by atoms with Gasteiger partial charge in [-0.15, -0.1) is 12.4 Å². The van der Waals surface area contributed by atoms with Crippen molar-refractivity contribution >= 4 is 41.0 Å². The van der Waals surface area contributed by atoms with Crippen molar-refractivity contribution in [2.75, 3.05) is 18.6 Å². The number of carbonyl (C=O) groups excluding carboxylic acids is 1. The number of aromatic amines is 1. The molecule has 0 spiro atoms. The lowest BCUT2D eigenvalue weighted by Gasteiger charge is -2.11. The zero-order valence-corrected chi connectivity index (χ0v) is 13.7. The first-order chi connectivity index (χ1) is 9.72. The van der Waals surface area contributed by atoms with Gasteiger partial charge in [0, 0.05) is 23.6 Å². The molecule has 0 aliphatic carbocycles. The zero-order valence-electron chi connectivity index (χ0n) is 12.1. The molecule has 4 N–H and O–H groups in total. The molecule has 0 aliphatic heterocycles. The molecular formula is C15H22ClN3OS. The van der Waals surface area contributed by atoms with Crippen LogP contribution in [0.5, 0.6) is 0 Å². The molecule has 1 aromatic heterocycles. The van der Waals surface area contributed by atoms with E-state index >= 15 is 0 Å². The lowest BCUT2D eigenvalue weighted by atomic mass is 10.1. The van der Waals surface area contributed by atoms with Crippen molar-refractivity contribution in [1.29, 1.82) is 0 Å². The number of rotatable bonds is 7. The van der Waals surface area contributed by atoms with E-state index in [0.29, 0.717) is 6.54 Å². The van der Waals surface area contributed by atoms with Crippen LogP contribution in [0, 0.1) is 0 Å². The minimum absolute atomic E-state index is 0. The fourth-order valence-corrected chi connectivity index (χ4v) is 2.66. The van der Waals surface area contributed by atoms with Crippen molar-refractivity contribution in [1.82, 2.24) is 10.3 Å². The van der Waals surface area contributed by atoms with Gasteiger partial charge in [-0.1, -0.05) is 18.2 Å². The number of nitrogens with two attached hydrogens (primary N) is 1. The normalized spacial score (nSPS) is 11.9. The Balaban J connectivity index is 0.00000220. The number of benzene rings is 1. The molecule has 116 valence electrons. The topological polar surface area (TPSA) is 70.9 Å². The van der Waals surface area contributed by atoms with E-state index in [1.807, 2.05) is 24.6 Å². The molecule has 4 nitrogen and oxygen atoms in total. The van der Waals surface area contributed by atoms with Crippen LogP contribution in [0.3, 0.4) is 0 Å². The van der Waals surface area contributed by atoms with E-state index in [0.717, 1.165) is 24.1 Å². The molecule has 0 radical (unpaired) electrons. The van der Waals surface area contributed by atoms with Crippen LogP contribution in [0.4, 0.5) is 0 Å². The summed E-state index contributed by atoms with van der Waals surface area (Å²) in [5, 5.41) is 4.12. The van der Waals surface area contributed by atoms with Gasteiger partial charge in [-0.2, -0.15) is 11.8 Å². The largest absolute Gasteiger partial charge is 0.361 e. The number of nitrogens with one attached hydrogen (secondary N) is 2. The minimum atomic E-state index is -0.398. The molecule has 1 aromatic carbocycles. The molecular weight excluding hydrogens is 306 g/mol. The van der Waals surface area contributed by atoms with E-state index in [9.17, 15) is 4.79 Å². The third kappa shape index (κ3) is 4.95. The highest BCUT2D eigenvalue weighted by atomic mass is 35.5. The predicted molar refractivity (Wildman–Crippen MR) is 93.2 cm³/mol. The Labute approximate surface area is 135 Å². The predicted octanol–water partition coefficient (Wildman–Crippen LogP) is 2.33. The van der Waals surface area contributed by atoms with Crippen LogP contribution in [0.25, 0.3) is 10.9 Å². The fraction of sp³-hybridized carbons (Fsp3) is 0.400.